The van der Waals surface area contributed by atoms with Crippen LogP contribution in [0.5, 0.6) is 11.5 Å². The zero-order valence-electron chi connectivity index (χ0n) is 15.4. The van der Waals surface area contributed by atoms with Crippen molar-refractivity contribution in [1.29, 1.82) is 0 Å². The van der Waals surface area contributed by atoms with Gasteiger partial charge in [-0.05, 0) is 42.0 Å². The summed E-state index contributed by atoms with van der Waals surface area (Å²) in [4.78, 5) is 27.5. The van der Waals surface area contributed by atoms with Gasteiger partial charge < -0.3 is 19.3 Å². The fraction of sp³-hybridized carbons (Fsp3) is 0.400. The second-order valence-corrected chi connectivity index (χ2v) is 6.47. The Labute approximate surface area is 153 Å². The first-order valence-electron chi connectivity index (χ1n) is 8.76. The third kappa shape index (κ3) is 3.90. The van der Waals surface area contributed by atoms with Gasteiger partial charge in [-0.1, -0.05) is 12.1 Å². The van der Waals surface area contributed by atoms with Gasteiger partial charge in [0.15, 0.2) is 6.10 Å². The van der Waals surface area contributed by atoms with E-state index in [1.54, 1.807) is 30.8 Å². The summed E-state index contributed by atoms with van der Waals surface area (Å²) >= 11 is 0. The lowest BCUT2D eigenvalue weighted by atomic mass is 10.1. The highest BCUT2D eigenvalue weighted by Gasteiger charge is 2.26. The molecule has 2 aromatic carbocycles. The molecule has 1 heterocycles. The molecular formula is C20H24N2O4. The fourth-order valence-corrected chi connectivity index (χ4v) is 3.16. The van der Waals surface area contributed by atoms with Crippen LogP contribution < -0.4 is 9.47 Å². The van der Waals surface area contributed by atoms with E-state index in [0.29, 0.717) is 31.9 Å². The van der Waals surface area contributed by atoms with Crippen molar-refractivity contribution in [2.24, 2.45) is 0 Å². The number of hydrogen-bond acceptors (Lipinski definition) is 4. The summed E-state index contributed by atoms with van der Waals surface area (Å²) in [6, 6.07) is 11.6. The van der Waals surface area contributed by atoms with Crippen LogP contribution in [0, 0.1) is 0 Å². The average molecular weight is 356 g/mol. The molecule has 0 aliphatic carbocycles. The highest BCUT2D eigenvalue weighted by molar-refractivity contribution is 5.86. The molecule has 6 heteroatoms. The van der Waals surface area contributed by atoms with Crippen molar-refractivity contribution in [2.45, 2.75) is 20.0 Å². The first kappa shape index (κ1) is 18.0. The molecule has 1 aliphatic rings. The quantitative estimate of drug-likeness (QED) is 0.843. The van der Waals surface area contributed by atoms with E-state index in [0.717, 1.165) is 16.5 Å². The number of rotatable bonds is 4. The number of amides is 2. The number of fused-ring (bicyclic) bond motifs is 1. The van der Waals surface area contributed by atoms with Gasteiger partial charge in [-0.15, -0.1) is 0 Å². The minimum absolute atomic E-state index is 0.0491. The Balaban J connectivity index is 1.65. The topological polar surface area (TPSA) is 59.1 Å². The van der Waals surface area contributed by atoms with Gasteiger partial charge in [0, 0.05) is 33.1 Å². The van der Waals surface area contributed by atoms with Crippen LogP contribution in [0.4, 0.5) is 0 Å². The lowest BCUT2D eigenvalue weighted by Gasteiger charge is -2.35. The number of carbonyl (C=O) groups excluding carboxylic acids is 2. The number of carbonyl (C=O) groups is 2. The number of ether oxygens (including phenoxy) is 2. The molecule has 0 aromatic heterocycles. The van der Waals surface area contributed by atoms with Crippen LogP contribution in [0.2, 0.25) is 0 Å². The number of piperazine rings is 1. The van der Waals surface area contributed by atoms with Crippen LogP contribution in [0.15, 0.2) is 36.4 Å². The minimum Gasteiger partial charge on any atom is -0.497 e. The Morgan fingerprint density at radius 3 is 2.12 bits per heavy atom. The SMILES string of the molecule is COc1ccc2ccc(OC(C)C(=O)N3CCN(C(C)=O)CC3)cc2c1. The molecule has 26 heavy (non-hydrogen) atoms. The van der Waals surface area contributed by atoms with Crippen molar-refractivity contribution >= 4 is 22.6 Å². The lowest BCUT2D eigenvalue weighted by Crippen LogP contribution is -2.52. The van der Waals surface area contributed by atoms with Crippen molar-refractivity contribution < 1.29 is 19.1 Å². The monoisotopic (exact) mass is 356 g/mol. The molecule has 138 valence electrons. The van der Waals surface area contributed by atoms with Crippen molar-refractivity contribution in [3.63, 3.8) is 0 Å². The number of benzene rings is 2. The Bertz CT molecular complexity index is 813. The van der Waals surface area contributed by atoms with Gasteiger partial charge >= 0.3 is 0 Å². The lowest BCUT2D eigenvalue weighted by molar-refractivity contribution is -0.143. The summed E-state index contributed by atoms with van der Waals surface area (Å²) in [7, 11) is 1.63. The van der Waals surface area contributed by atoms with E-state index < -0.39 is 6.10 Å². The van der Waals surface area contributed by atoms with Crippen molar-refractivity contribution in [3.8, 4) is 11.5 Å². The summed E-state index contributed by atoms with van der Waals surface area (Å²) in [5, 5.41) is 2.08. The summed E-state index contributed by atoms with van der Waals surface area (Å²) in [6.45, 7) is 5.54. The maximum atomic E-state index is 12.6. The molecule has 1 unspecified atom stereocenters. The highest BCUT2D eigenvalue weighted by Crippen LogP contribution is 2.25. The zero-order chi connectivity index (χ0) is 18.7. The van der Waals surface area contributed by atoms with Gasteiger partial charge in [-0.3, -0.25) is 9.59 Å². The van der Waals surface area contributed by atoms with Crippen molar-refractivity contribution in [2.75, 3.05) is 33.3 Å². The van der Waals surface area contributed by atoms with E-state index in [2.05, 4.69) is 0 Å². The van der Waals surface area contributed by atoms with Gasteiger partial charge in [-0.25, -0.2) is 0 Å². The third-order valence-corrected chi connectivity index (χ3v) is 4.72. The van der Waals surface area contributed by atoms with Crippen LogP contribution in [0.1, 0.15) is 13.8 Å². The minimum atomic E-state index is -0.582. The molecule has 6 nitrogen and oxygen atoms in total. The molecule has 1 atom stereocenters. The fourth-order valence-electron chi connectivity index (χ4n) is 3.16. The van der Waals surface area contributed by atoms with Gasteiger partial charge in [0.2, 0.25) is 5.91 Å². The van der Waals surface area contributed by atoms with E-state index in [1.165, 1.54) is 0 Å². The normalized spacial score (nSPS) is 15.7. The smallest absolute Gasteiger partial charge is 0.263 e. The molecule has 0 radical (unpaired) electrons. The first-order chi connectivity index (χ1) is 12.5. The molecule has 0 spiro atoms. The largest absolute Gasteiger partial charge is 0.497 e. The van der Waals surface area contributed by atoms with E-state index >= 15 is 0 Å². The van der Waals surface area contributed by atoms with Gasteiger partial charge in [0.25, 0.3) is 5.91 Å². The molecule has 0 bridgehead atoms. The first-order valence-corrected chi connectivity index (χ1v) is 8.76. The van der Waals surface area contributed by atoms with E-state index in [9.17, 15) is 9.59 Å². The average Bonchev–Trinajstić information content (AvgIpc) is 2.66. The molecule has 1 fully saturated rings. The maximum Gasteiger partial charge on any atom is 0.263 e. The maximum absolute atomic E-state index is 12.6. The summed E-state index contributed by atoms with van der Waals surface area (Å²) in [5.74, 6) is 1.42. The number of hydrogen-bond donors (Lipinski definition) is 0. The Kier molecular flexibility index (Phi) is 5.30. The molecule has 2 amide bonds. The molecule has 2 aromatic rings. The van der Waals surface area contributed by atoms with Crippen molar-refractivity contribution in [1.82, 2.24) is 9.80 Å². The van der Waals surface area contributed by atoms with Gasteiger partial charge in [0.05, 0.1) is 7.11 Å². The summed E-state index contributed by atoms with van der Waals surface area (Å²) < 4.78 is 11.1. The summed E-state index contributed by atoms with van der Waals surface area (Å²) in [6.07, 6.45) is -0.582. The predicted octanol–water partition coefficient (Wildman–Crippen LogP) is 2.31. The Morgan fingerprint density at radius 2 is 1.50 bits per heavy atom. The summed E-state index contributed by atoms with van der Waals surface area (Å²) in [5.41, 5.74) is 0. The Hall–Kier alpha value is -2.76. The van der Waals surface area contributed by atoms with Crippen LogP contribution in [-0.4, -0.2) is 61.0 Å². The van der Waals surface area contributed by atoms with E-state index in [4.69, 9.17) is 9.47 Å². The molecule has 1 saturated heterocycles. The molecule has 0 saturated carbocycles. The van der Waals surface area contributed by atoms with Crippen LogP contribution >= 0.6 is 0 Å². The molecule has 1 aliphatic heterocycles. The van der Waals surface area contributed by atoms with Crippen LogP contribution in [0.3, 0.4) is 0 Å². The Morgan fingerprint density at radius 1 is 0.923 bits per heavy atom. The second kappa shape index (κ2) is 7.64. The highest BCUT2D eigenvalue weighted by atomic mass is 16.5. The zero-order valence-corrected chi connectivity index (χ0v) is 15.4. The molecular weight excluding hydrogens is 332 g/mol. The predicted molar refractivity (Wildman–Crippen MR) is 99.4 cm³/mol. The molecule has 3 rings (SSSR count). The number of methoxy groups -OCH3 is 1. The molecule has 0 N–H and O–H groups in total. The van der Waals surface area contributed by atoms with E-state index in [-0.39, 0.29) is 11.8 Å². The van der Waals surface area contributed by atoms with Gasteiger partial charge in [-0.2, -0.15) is 0 Å². The van der Waals surface area contributed by atoms with Gasteiger partial charge in [0.1, 0.15) is 11.5 Å². The standard InChI is InChI=1S/C20H24N2O4/c1-14(20(24)22-10-8-21(9-11-22)15(2)23)26-19-7-5-16-4-6-18(25-3)12-17(16)13-19/h4-7,12-14H,8-11H2,1-3H3. The van der Waals surface area contributed by atoms with Crippen LogP contribution in [0.25, 0.3) is 10.8 Å². The second-order valence-electron chi connectivity index (χ2n) is 6.47. The van der Waals surface area contributed by atoms with E-state index in [1.807, 2.05) is 36.4 Å². The van der Waals surface area contributed by atoms with Crippen LogP contribution in [-0.2, 0) is 9.59 Å². The van der Waals surface area contributed by atoms with Crippen molar-refractivity contribution in [3.05, 3.63) is 36.4 Å². The number of nitrogens with zero attached hydrogens (tertiary/aromatic N) is 2. The third-order valence-electron chi connectivity index (χ3n) is 4.72.